The molecule has 0 radical (unpaired) electrons. The maximum atomic E-state index is 13.6. The molecule has 0 aliphatic carbocycles. The van der Waals surface area contributed by atoms with E-state index in [-0.39, 0.29) is 17.6 Å². The maximum absolute atomic E-state index is 13.6. The van der Waals surface area contributed by atoms with Crippen molar-refractivity contribution in [2.75, 3.05) is 31.2 Å². The van der Waals surface area contributed by atoms with E-state index in [9.17, 15) is 18.0 Å². The van der Waals surface area contributed by atoms with Gasteiger partial charge in [-0.25, -0.2) is 9.97 Å². The quantitative estimate of drug-likeness (QED) is 0.555. The number of aromatic nitrogens is 2. The number of carbonyl (C=O) groups is 1. The van der Waals surface area contributed by atoms with Crippen molar-refractivity contribution in [2.45, 2.75) is 31.9 Å². The van der Waals surface area contributed by atoms with Gasteiger partial charge in [-0.1, -0.05) is 6.07 Å². The van der Waals surface area contributed by atoms with E-state index in [0.29, 0.717) is 16.7 Å². The predicted octanol–water partition coefficient (Wildman–Crippen LogP) is 5.11. The van der Waals surface area contributed by atoms with Gasteiger partial charge >= 0.3 is 6.18 Å². The number of hydrogen-bond acceptors (Lipinski definition) is 5. The van der Waals surface area contributed by atoms with Crippen LogP contribution in [0.1, 0.15) is 45.8 Å². The molecule has 1 aliphatic heterocycles. The second-order valence-electron chi connectivity index (χ2n) is 8.73. The molecule has 34 heavy (non-hydrogen) atoms. The highest BCUT2D eigenvalue weighted by Gasteiger charge is 2.32. The Labute approximate surface area is 196 Å². The number of benzene rings is 2. The highest BCUT2D eigenvalue weighted by molar-refractivity contribution is 6.05. The molecule has 2 heterocycles. The number of anilines is 2. The molecule has 3 aromatic rings. The number of nitrogens with zero attached hydrogens (tertiary/aromatic N) is 3. The fraction of sp³-hybridized carbons (Fsp3) is 0.320. The van der Waals surface area contributed by atoms with Gasteiger partial charge in [0.05, 0.1) is 5.56 Å². The van der Waals surface area contributed by atoms with Gasteiger partial charge in [-0.3, -0.25) is 4.79 Å². The number of carbonyl (C=O) groups excluding carboxylic acids is 1. The van der Waals surface area contributed by atoms with Crippen LogP contribution in [0.4, 0.5) is 24.8 Å². The summed E-state index contributed by atoms with van der Waals surface area (Å²) in [5.74, 6) is -0.336. The first-order chi connectivity index (χ1) is 16.1. The third-order valence-corrected chi connectivity index (χ3v) is 6.21. The summed E-state index contributed by atoms with van der Waals surface area (Å²) in [6.45, 7) is 3.53. The van der Waals surface area contributed by atoms with E-state index in [4.69, 9.17) is 5.73 Å². The summed E-state index contributed by atoms with van der Waals surface area (Å²) in [5.41, 5.74) is 8.16. The molecule has 2 aromatic carbocycles. The lowest BCUT2D eigenvalue weighted by molar-refractivity contribution is -0.137. The topological polar surface area (TPSA) is 84.1 Å². The molecular formula is C25H26F3N5O. The lowest BCUT2D eigenvalue weighted by Gasteiger charge is -2.29. The van der Waals surface area contributed by atoms with Crippen LogP contribution in [-0.4, -0.2) is 40.9 Å². The van der Waals surface area contributed by atoms with Crippen molar-refractivity contribution >= 4 is 17.5 Å². The lowest BCUT2D eigenvalue weighted by atomic mass is 9.88. The molecule has 178 valence electrons. The smallest absolute Gasteiger partial charge is 0.368 e. The number of halogens is 3. The monoisotopic (exact) mass is 469 g/mol. The van der Waals surface area contributed by atoms with Crippen LogP contribution in [0.25, 0.3) is 11.1 Å². The Bertz CT molecular complexity index is 1190. The average molecular weight is 470 g/mol. The van der Waals surface area contributed by atoms with Crippen LogP contribution in [0.2, 0.25) is 0 Å². The number of likely N-dealkylation sites (tertiary alicyclic amines) is 1. The van der Waals surface area contributed by atoms with Gasteiger partial charge in [-0.05, 0) is 92.8 Å². The minimum Gasteiger partial charge on any atom is -0.368 e. The number of nitrogen functional groups attached to an aromatic ring is 1. The molecule has 1 saturated heterocycles. The molecular weight excluding hydrogens is 443 g/mol. The average Bonchev–Trinajstić information content (AvgIpc) is 2.79. The normalized spacial score (nSPS) is 15.3. The van der Waals surface area contributed by atoms with Crippen molar-refractivity contribution in [1.29, 1.82) is 0 Å². The molecule has 3 N–H and O–H groups in total. The molecule has 9 heteroatoms. The van der Waals surface area contributed by atoms with Gasteiger partial charge in [0.1, 0.15) is 0 Å². The summed E-state index contributed by atoms with van der Waals surface area (Å²) in [7, 11) is 2.00. The van der Waals surface area contributed by atoms with Crippen molar-refractivity contribution in [1.82, 2.24) is 14.9 Å². The van der Waals surface area contributed by atoms with Gasteiger partial charge in [0.25, 0.3) is 5.91 Å². The fourth-order valence-electron chi connectivity index (χ4n) is 4.22. The first kappa shape index (κ1) is 23.7. The first-order valence-corrected chi connectivity index (χ1v) is 11.0. The Morgan fingerprint density at radius 2 is 1.76 bits per heavy atom. The summed E-state index contributed by atoms with van der Waals surface area (Å²) in [5, 5.41) is 2.67. The number of nitrogens with two attached hydrogens (primary N) is 1. The molecule has 0 atom stereocenters. The molecule has 0 unspecified atom stereocenters. The SMILES string of the molecule is Cc1ccc(C(=O)Nc2cc(C3CCN(C)CC3)cc(C(F)(F)F)c2)cc1-c1cnc(N)nc1. The zero-order chi connectivity index (χ0) is 24.5. The first-order valence-electron chi connectivity index (χ1n) is 11.0. The number of piperidine rings is 1. The Balaban J connectivity index is 1.63. The zero-order valence-corrected chi connectivity index (χ0v) is 19.0. The van der Waals surface area contributed by atoms with E-state index in [0.717, 1.165) is 43.1 Å². The Hall–Kier alpha value is -3.46. The summed E-state index contributed by atoms with van der Waals surface area (Å²) in [4.78, 5) is 23.1. The number of aryl methyl sites for hydroxylation is 1. The van der Waals surface area contributed by atoms with E-state index < -0.39 is 17.6 Å². The van der Waals surface area contributed by atoms with E-state index in [1.807, 2.05) is 14.0 Å². The van der Waals surface area contributed by atoms with Gasteiger partial charge < -0.3 is 16.0 Å². The number of rotatable bonds is 4. The van der Waals surface area contributed by atoms with E-state index >= 15 is 0 Å². The van der Waals surface area contributed by atoms with Crippen molar-refractivity contribution < 1.29 is 18.0 Å². The zero-order valence-electron chi connectivity index (χ0n) is 19.0. The predicted molar refractivity (Wildman–Crippen MR) is 125 cm³/mol. The summed E-state index contributed by atoms with van der Waals surface area (Å²) in [6.07, 6.45) is 0.166. The van der Waals surface area contributed by atoms with Crippen LogP contribution >= 0.6 is 0 Å². The van der Waals surface area contributed by atoms with Crippen LogP contribution in [0.15, 0.2) is 48.8 Å². The van der Waals surface area contributed by atoms with Crippen LogP contribution < -0.4 is 11.1 Å². The maximum Gasteiger partial charge on any atom is 0.416 e. The Kier molecular flexibility index (Phi) is 6.56. The van der Waals surface area contributed by atoms with Crippen LogP contribution in [0.3, 0.4) is 0 Å². The van der Waals surface area contributed by atoms with Gasteiger partial charge in [-0.15, -0.1) is 0 Å². The number of amides is 1. The van der Waals surface area contributed by atoms with Gasteiger partial charge in [0, 0.05) is 29.2 Å². The summed E-state index contributed by atoms with van der Waals surface area (Å²) >= 11 is 0. The minimum atomic E-state index is -4.51. The van der Waals surface area contributed by atoms with E-state index in [2.05, 4.69) is 20.2 Å². The Morgan fingerprint density at radius 1 is 1.09 bits per heavy atom. The van der Waals surface area contributed by atoms with Crippen molar-refractivity contribution in [3.63, 3.8) is 0 Å². The molecule has 0 bridgehead atoms. The van der Waals surface area contributed by atoms with Gasteiger partial charge in [-0.2, -0.15) is 13.2 Å². The number of hydrogen-bond donors (Lipinski definition) is 2. The molecule has 1 fully saturated rings. The molecule has 0 spiro atoms. The largest absolute Gasteiger partial charge is 0.416 e. The third kappa shape index (κ3) is 5.36. The number of alkyl halides is 3. The van der Waals surface area contributed by atoms with Gasteiger partial charge in [0.2, 0.25) is 5.95 Å². The molecule has 1 aliphatic rings. The van der Waals surface area contributed by atoms with Crippen molar-refractivity contribution in [3.8, 4) is 11.1 Å². The minimum absolute atomic E-state index is 0.0191. The highest BCUT2D eigenvalue weighted by Crippen LogP contribution is 2.36. The van der Waals surface area contributed by atoms with Crippen LogP contribution in [0.5, 0.6) is 0 Å². The second kappa shape index (κ2) is 9.42. The summed E-state index contributed by atoms with van der Waals surface area (Å²) < 4.78 is 40.8. The molecule has 0 saturated carbocycles. The Morgan fingerprint density at radius 3 is 2.41 bits per heavy atom. The van der Waals surface area contributed by atoms with Gasteiger partial charge in [0.15, 0.2) is 0 Å². The van der Waals surface area contributed by atoms with E-state index in [1.165, 1.54) is 6.07 Å². The number of nitrogens with one attached hydrogen (secondary N) is 1. The summed E-state index contributed by atoms with van der Waals surface area (Å²) in [6, 6.07) is 8.93. The molecule has 6 nitrogen and oxygen atoms in total. The van der Waals surface area contributed by atoms with Crippen LogP contribution in [0, 0.1) is 6.92 Å². The van der Waals surface area contributed by atoms with Crippen LogP contribution in [-0.2, 0) is 6.18 Å². The standard InChI is InChI=1S/C25H26F3N5O/c1-15-3-4-17(11-22(15)19-13-30-24(29)31-14-19)23(34)32-21-10-18(9-20(12-21)25(26,27)28)16-5-7-33(2)8-6-16/h3-4,9-14,16H,5-8H2,1-2H3,(H,32,34)(H2,29,30,31). The highest BCUT2D eigenvalue weighted by atomic mass is 19.4. The van der Waals surface area contributed by atoms with E-state index in [1.54, 1.807) is 36.7 Å². The fourth-order valence-corrected chi connectivity index (χ4v) is 4.22. The third-order valence-electron chi connectivity index (χ3n) is 6.21. The van der Waals surface area contributed by atoms with Crippen molar-refractivity contribution in [3.05, 3.63) is 71.0 Å². The molecule has 1 aromatic heterocycles. The molecule has 4 rings (SSSR count). The van der Waals surface area contributed by atoms with Crippen molar-refractivity contribution in [2.24, 2.45) is 0 Å². The second-order valence-corrected chi connectivity index (χ2v) is 8.73. The molecule has 1 amide bonds. The lowest BCUT2D eigenvalue weighted by Crippen LogP contribution is -2.29.